The highest BCUT2D eigenvalue weighted by atomic mass is 35.5. The molecule has 2 atom stereocenters. The van der Waals surface area contributed by atoms with Gasteiger partial charge < -0.3 is 4.74 Å². The van der Waals surface area contributed by atoms with Crippen molar-refractivity contribution in [3.05, 3.63) is 46.3 Å². The average Bonchev–Trinajstić information content (AvgIpc) is 3.04. The summed E-state index contributed by atoms with van der Waals surface area (Å²) >= 11 is 5.45. The Morgan fingerprint density at radius 2 is 1.57 bits per heavy atom. The van der Waals surface area contributed by atoms with Crippen molar-refractivity contribution < 1.29 is 31.5 Å². The average molecular weight is 355 g/mol. The Morgan fingerprint density at radius 1 is 1.09 bits per heavy atom. The van der Waals surface area contributed by atoms with Gasteiger partial charge in [0.25, 0.3) is 0 Å². The Kier molecular flexibility index (Phi) is 4.71. The zero-order valence-corrected chi connectivity index (χ0v) is 12.9. The smallest absolute Gasteiger partial charge is 0.310 e. The third-order valence-corrected chi connectivity index (χ3v) is 4.25. The van der Waals surface area contributed by atoms with E-state index in [-0.39, 0.29) is 5.92 Å². The fraction of sp³-hybridized carbons (Fsp3) is 0.400. The number of rotatable bonds is 4. The summed E-state index contributed by atoms with van der Waals surface area (Å²) in [5.41, 5.74) is -0.402. The largest absolute Gasteiger partial charge is 0.460 e. The van der Waals surface area contributed by atoms with Crippen LogP contribution in [0.1, 0.15) is 19.4 Å². The number of carbonyl (C=O) groups is 1. The van der Waals surface area contributed by atoms with E-state index in [1.54, 1.807) is 19.9 Å². The summed E-state index contributed by atoms with van der Waals surface area (Å²) in [5.74, 6) is -12.1. The van der Waals surface area contributed by atoms with E-state index >= 15 is 0 Å². The normalized spacial score (nSPS) is 22.4. The molecule has 23 heavy (non-hydrogen) atoms. The monoisotopic (exact) mass is 354 g/mol. The molecule has 0 aliphatic heterocycles. The van der Waals surface area contributed by atoms with E-state index in [1.807, 2.05) is 0 Å². The first-order chi connectivity index (χ1) is 10.6. The second-order valence-corrected chi connectivity index (χ2v) is 6.05. The van der Waals surface area contributed by atoms with Gasteiger partial charge in [-0.05, 0) is 11.3 Å². The van der Waals surface area contributed by atoms with Gasteiger partial charge in [0.05, 0.1) is 11.5 Å². The van der Waals surface area contributed by atoms with Gasteiger partial charge in [-0.25, -0.2) is 22.0 Å². The molecule has 0 saturated heterocycles. The molecular formula is C15H12ClF5O2. The van der Waals surface area contributed by atoms with Gasteiger partial charge in [0, 0.05) is 5.54 Å². The molecule has 0 spiro atoms. The molecule has 1 aliphatic rings. The van der Waals surface area contributed by atoms with E-state index in [2.05, 4.69) is 0 Å². The SMILES string of the molecule is CC1(C)[C@H](/C=C/Cl)[C@H]1C(=O)OCc1c(F)c(F)c(F)c(F)c1F. The fourth-order valence-electron chi connectivity index (χ4n) is 2.58. The first-order valence-corrected chi connectivity index (χ1v) is 7.02. The van der Waals surface area contributed by atoms with Crippen molar-refractivity contribution in [3.63, 3.8) is 0 Å². The molecule has 0 aromatic heterocycles. The van der Waals surface area contributed by atoms with Gasteiger partial charge in [-0.3, -0.25) is 4.79 Å². The van der Waals surface area contributed by atoms with Crippen LogP contribution in [0.4, 0.5) is 22.0 Å². The van der Waals surface area contributed by atoms with Gasteiger partial charge in [-0.15, -0.1) is 0 Å². The Balaban J connectivity index is 2.15. The summed E-state index contributed by atoms with van der Waals surface area (Å²) in [6, 6.07) is 0. The minimum atomic E-state index is -2.26. The highest BCUT2D eigenvalue weighted by Crippen LogP contribution is 2.59. The minimum absolute atomic E-state index is 0.219. The Morgan fingerprint density at radius 3 is 2.04 bits per heavy atom. The summed E-state index contributed by atoms with van der Waals surface area (Å²) in [5, 5.41) is 0. The van der Waals surface area contributed by atoms with Gasteiger partial charge in [-0.2, -0.15) is 0 Å². The Bertz CT molecular complexity index is 658. The molecule has 0 bridgehead atoms. The van der Waals surface area contributed by atoms with E-state index < -0.39 is 58.6 Å². The summed E-state index contributed by atoms with van der Waals surface area (Å²) in [6.45, 7) is 2.48. The third-order valence-electron chi connectivity index (χ3n) is 4.10. The maximum Gasteiger partial charge on any atom is 0.310 e. The number of carbonyl (C=O) groups excluding carboxylic acids is 1. The standard InChI is InChI=1S/C15H12ClF5O2/c1-15(2)7(3-4-16)8(15)14(22)23-5-6-9(17)11(19)13(21)12(20)10(6)18/h3-4,7-8H,5H2,1-2H3/b4-3+/t7-,8+/m1/s1. The molecule has 1 aliphatic carbocycles. The van der Waals surface area contributed by atoms with Crippen LogP contribution in [-0.2, 0) is 16.1 Å². The number of hydrogen-bond donors (Lipinski definition) is 0. The highest BCUT2D eigenvalue weighted by molar-refractivity contribution is 6.25. The van der Waals surface area contributed by atoms with E-state index in [1.165, 1.54) is 5.54 Å². The highest BCUT2D eigenvalue weighted by Gasteiger charge is 2.61. The number of halogens is 6. The van der Waals surface area contributed by atoms with E-state index in [0.29, 0.717) is 0 Å². The second kappa shape index (κ2) is 6.11. The first-order valence-electron chi connectivity index (χ1n) is 6.58. The molecule has 0 N–H and O–H groups in total. The van der Waals surface area contributed by atoms with Gasteiger partial charge in [0.2, 0.25) is 5.82 Å². The first kappa shape index (κ1) is 17.7. The minimum Gasteiger partial charge on any atom is -0.460 e. The van der Waals surface area contributed by atoms with Crippen LogP contribution in [0.15, 0.2) is 11.6 Å². The number of benzene rings is 1. The zero-order chi connectivity index (χ0) is 17.5. The lowest BCUT2D eigenvalue weighted by Gasteiger charge is -2.09. The van der Waals surface area contributed by atoms with Crippen molar-refractivity contribution in [2.75, 3.05) is 0 Å². The molecule has 2 nitrogen and oxygen atoms in total. The van der Waals surface area contributed by atoms with Crippen LogP contribution in [0.3, 0.4) is 0 Å². The number of ether oxygens (including phenoxy) is 1. The molecule has 1 fully saturated rings. The molecule has 1 aromatic rings. The summed E-state index contributed by atoms with van der Waals surface area (Å²) in [7, 11) is 0. The predicted octanol–water partition coefficient (Wildman–Crippen LogP) is 4.45. The predicted molar refractivity (Wildman–Crippen MR) is 71.8 cm³/mol. The van der Waals surface area contributed by atoms with E-state index in [4.69, 9.17) is 16.3 Å². The van der Waals surface area contributed by atoms with E-state index in [9.17, 15) is 26.7 Å². The van der Waals surface area contributed by atoms with E-state index in [0.717, 1.165) is 0 Å². The lowest BCUT2D eigenvalue weighted by Crippen LogP contribution is -2.14. The number of esters is 1. The third kappa shape index (κ3) is 2.94. The van der Waals surface area contributed by atoms with Crippen LogP contribution >= 0.6 is 11.6 Å². The molecule has 126 valence electrons. The Hall–Kier alpha value is -1.63. The number of allylic oxidation sites excluding steroid dienone is 1. The van der Waals surface area contributed by atoms with Crippen molar-refractivity contribution in [2.45, 2.75) is 20.5 Å². The Labute approximate surface area is 133 Å². The van der Waals surface area contributed by atoms with Crippen molar-refractivity contribution in [2.24, 2.45) is 17.3 Å². The summed E-state index contributed by atoms with van der Waals surface area (Å²) in [6.07, 6.45) is 1.58. The molecule has 0 amide bonds. The number of hydrogen-bond acceptors (Lipinski definition) is 2. The second-order valence-electron chi connectivity index (χ2n) is 5.80. The zero-order valence-electron chi connectivity index (χ0n) is 12.1. The molecule has 0 heterocycles. The topological polar surface area (TPSA) is 26.3 Å². The maximum absolute atomic E-state index is 13.5. The van der Waals surface area contributed by atoms with Crippen LogP contribution in [0.5, 0.6) is 0 Å². The molecule has 8 heteroatoms. The van der Waals surface area contributed by atoms with Crippen molar-refractivity contribution in [1.82, 2.24) is 0 Å². The lowest BCUT2D eigenvalue weighted by molar-refractivity contribution is -0.147. The van der Waals surface area contributed by atoms with Gasteiger partial charge in [0.1, 0.15) is 6.61 Å². The fourth-order valence-corrected chi connectivity index (χ4v) is 2.73. The van der Waals surface area contributed by atoms with Crippen LogP contribution in [0.2, 0.25) is 0 Å². The molecule has 0 radical (unpaired) electrons. The lowest BCUT2D eigenvalue weighted by atomic mass is 10.1. The van der Waals surface area contributed by atoms with Crippen LogP contribution in [-0.4, -0.2) is 5.97 Å². The molecular weight excluding hydrogens is 343 g/mol. The van der Waals surface area contributed by atoms with Crippen LogP contribution in [0, 0.1) is 46.3 Å². The van der Waals surface area contributed by atoms with Crippen molar-refractivity contribution in [1.29, 1.82) is 0 Å². The summed E-state index contributed by atoms with van der Waals surface area (Å²) in [4.78, 5) is 11.9. The van der Waals surface area contributed by atoms with Crippen LogP contribution < -0.4 is 0 Å². The molecule has 1 saturated carbocycles. The quantitative estimate of drug-likeness (QED) is 0.345. The molecule has 2 rings (SSSR count). The van der Waals surface area contributed by atoms with Crippen molar-refractivity contribution >= 4 is 17.6 Å². The maximum atomic E-state index is 13.5. The molecule has 0 unspecified atom stereocenters. The van der Waals surface area contributed by atoms with Gasteiger partial charge >= 0.3 is 5.97 Å². The molecule has 1 aromatic carbocycles. The van der Waals surface area contributed by atoms with Crippen LogP contribution in [0.25, 0.3) is 0 Å². The summed E-state index contributed by atoms with van der Waals surface area (Å²) < 4.78 is 70.7. The van der Waals surface area contributed by atoms with Gasteiger partial charge in [-0.1, -0.05) is 31.5 Å². The van der Waals surface area contributed by atoms with Gasteiger partial charge in [0.15, 0.2) is 23.3 Å². The van der Waals surface area contributed by atoms with Crippen molar-refractivity contribution in [3.8, 4) is 0 Å².